The van der Waals surface area contributed by atoms with Crippen LogP contribution in [0.15, 0.2) is 0 Å². The van der Waals surface area contributed by atoms with Crippen LogP contribution in [-0.2, 0) is 19.4 Å². The van der Waals surface area contributed by atoms with Crippen molar-refractivity contribution < 1.29 is 31.5 Å². The number of hydrogen-bond acceptors (Lipinski definition) is 6. The van der Waals surface area contributed by atoms with Crippen molar-refractivity contribution in [2.45, 2.75) is 66.2 Å². The van der Waals surface area contributed by atoms with Gasteiger partial charge in [0, 0.05) is 12.8 Å². The van der Waals surface area contributed by atoms with Crippen LogP contribution in [0, 0.1) is 5.92 Å². The summed E-state index contributed by atoms with van der Waals surface area (Å²) in [6.07, 6.45) is 5.76. The molecule has 0 aromatic carbocycles. The fourth-order valence-corrected chi connectivity index (χ4v) is 2.12. The molecule has 0 aliphatic rings. The largest absolute Gasteiger partial charge is 0.726 e. The first kappa shape index (κ1) is 31.0. The molecule has 0 radical (unpaired) electrons. The van der Waals surface area contributed by atoms with E-state index >= 15 is 0 Å². The van der Waals surface area contributed by atoms with Gasteiger partial charge in [-0.05, 0) is 32.7 Å². The second-order valence-corrected chi connectivity index (χ2v) is 8.37. The highest BCUT2D eigenvalue weighted by molar-refractivity contribution is 7.80. The van der Waals surface area contributed by atoms with Crippen LogP contribution >= 0.6 is 0 Å². The van der Waals surface area contributed by atoms with Crippen molar-refractivity contribution in [3.05, 3.63) is 0 Å². The Morgan fingerprint density at radius 1 is 1.15 bits per heavy atom. The van der Waals surface area contributed by atoms with Gasteiger partial charge in [-0.25, -0.2) is 8.42 Å². The van der Waals surface area contributed by atoms with Crippen LogP contribution in [-0.4, -0.2) is 68.9 Å². The second-order valence-electron chi connectivity index (χ2n) is 7.32. The van der Waals surface area contributed by atoms with E-state index in [1.807, 2.05) is 0 Å². The van der Waals surface area contributed by atoms with E-state index in [4.69, 9.17) is 10.8 Å². The molecule has 0 saturated carbocycles. The molecule has 0 saturated heterocycles. The lowest BCUT2D eigenvalue weighted by atomic mass is 10.0. The number of hydrogen-bond donors (Lipinski definition) is 2. The number of carboxylic acid groups (broad SMARTS) is 1. The van der Waals surface area contributed by atoms with Gasteiger partial charge in [0.05, 0.1) is 33.8 Å². The van der Waals surface area contributed by atoms with Crippen molar-refractivity contribution in [1.29, 1.82) is 0 Å². The molecule has 9 heteroatoms. The van der Waals surface area contributed by atoms with E-state index in [1.165, 1.54) is 32.9 Å². The number of nitrogens with two attached hydrogens (primary N) is 1. The van der Waals surface area contributed by atoms with E-state index in [9.17, 15) is 17.8 Å². The molecule has 0 aliphatic heterocycles. The molecular formula is C18H42N2O6S. The molecule has 0 amide bonds. The average molecular weight is 415 g/mol. The lowest BCUT2D eigenvalue weighted by Crippen LogP contribution is -2.40. The van der Waals surface area contributed by atoms with Crippen LogP contribution in [0.4, 0.5) is 0 Å². The number of nitrogens with zero attached hydrogens (tertiary/aromatic N) is 1. The maximum Gasteiger partial charge on any atom is 0.303 e. The molecule has 166 valence electrons. The molecule has 0 unspecified atom stereocenters. The maximum absolute atomic E-state index is 10.1. The number of quaternary nitrogens is 1. The van der Waals surface area contributed by atoms with Gasteiger partial charge in [0.25, 0.3) is 0 Å². The molecule has 0 atom stereocenters. The Kier molecular flexibility index (Phi) is 21.4. The first-order chi connectivity index (χ1) is 12.3. The lowest BCUT2D eigenvalue weighted by Gasteiger charge is -2.27. The normalized spacial score (nSPS) is 11.3. The molecule has 0 heterocycles. The zero-order valence-electron chi connectivity index (χ0n) is 18.1. The van der Waals surface area contributed by atoms with Gasteiger partial charge in [0.15, 0.2) is 0 Å². The van der Waals surface area contributed by atoms with Crippen molar-refractivity contribution >= 4 is 16.4 Å². The molecule has 0 aromatic heterocycles. The number of unbranched alkanes of at least 4 members (excludes halogenated alkanes) is 2. The number of rotatable bonds is 12. The van der Waals surface area contributed by atoms with Gasteiger partial charge in [0.1, 0.15) is 0 Å². The summed E-state index contributed by atoms with van der Waals surface area (Å²) in [5.74, 6) is 0.0781. The zero-order valence-corrected chi connectivity index (χ0v) is 18.9. The summed E-state index contributed by atoms with van der Waals surface area (Å²) < 4.78 is 33.1. The molecule has 0 fully saturated rings. The van der Waals surface area contributed by atoms with Crippen LogP contribution < -0.4 is 5.73 Å². The Hall–Kier alpha value is -0.740. The van der Waals surface area contributed by atoms with Gasteiger partial charge in [-0.1, -0.05) is 33.1 Å². The van der Waals surface area contributed by atoms with Gasteiger partial charge in [-0.15, -0.1) is 0 Å². The van der Waals surface area contributed by atoms with E-state index in [2.05, 4.69) is 39.0 Å². The minimum Gasteiger partial charge on any atom is -0.726 e. The molecule has 8 nitrogen and oxygen atoms in total. The first-order valence-electron chi connectivity index (χ1n) is 9.65. The highest BCUT2D eigenvalue weighted by Crippen LogP contribution is 2.09. The highest BCUT2D eigenvalue weighted by Gasteiger charge is 2.08. The topological polar surface area (TPSA) is 130 Å². The summed E-state index contributed by atoms with van der Waals surface area (Å²) >= 11 is 0. The molecule has 0 spiro atoms. The zero-order chi connectivity index (χ0) is 21.9. The lowest BCUT2D eigenvalue weighted by molar-refractivity contribution is -0.888. The summed E-state index contributed by atoms with van der Waals surface area (Å²) in [6, 6.07) is 0. The van der Waals surface area contributed by atoms with Crippen LogP contribution in [0.2, 0.25) is 0 Å². The van der Waals surface area contributed by atoms with Crippen LogP contribution in [0.25, 0.3) is 0 Å². The molecular weight excluding hydrogens is 372 g/mol. The van der Waals surface area contributed by atoms with E-state index < -0.39 is 16.4 Å². The van der Waals surface area contributed by atoms with Gasteiger partial charge in [-0.2, -0.15) is 0 Å². The quantitative estimate of drug-likeness (QED) is 0.217. The minimum atomic E-state index is -4.42. The van der Waals surface area contributed by atoms with Crippen molar-refractivity contribution in [2.75, 3.05) is 40.3 Å². The average Bonchev–Trinajstić information content (AvgIpc) is 2.52. The van der Waals surface area contributed by atoms with Gasteiger partial charge < -0.3 is 19.9 Å². The Balaban J connectivity index is -0.000000329. The van der Waals surface area contributed by atoms with E-state index in [0.29, 0.717) is 6.42 Å². The molecule has 0 rings (SSSR count). The Bertz CT molecular complexity index is 439. The molecule has 0 aliphatic carbocycles. The Morgan fingerprint density at radius 2 is 1.70 bits per heavy atom. The molecule has 0 aromatic rings. The predicted molar refractivity (Wildman–Crippen MR) is 108 cm³/mol. The number of carbonyl (C=O) groups is 1. The summed E-state index contributed by atoms with van der Waals surface area (Å²) in [4.78, 5) is 10.1. The fourth-order valence-electron chi connectivity index (χ4n) is 1.83. The van der Waals surface area contributed by atoms with Crippen molar-refractivity contribution in [3.63, 3.8) is 0 Å². The van der Waals surface area contributed by atoms with Crippen LogP contribution in [0.1, 0.15) is 66.2 Å². The number of aliphatic carboxylic acids is 1. The van der Waals surface area contributed by atoms with E-state index in [1.54, 1.807) is 0 Å². The van der Waals surface area contributed by atoms with Crippen molar-refractivity contribution in [2.24, 2.45) is 11.7 Å². The smallest absolute Gasteiger partial charge is 0.303 e. The van der Waals surface area contributed by atoms with E-state index in [-0.39, 0.29) is 6.61 Å². The SMILES string of the molecule is CC(C)CCCCCC(=O)O.CCOS(=O)(=O)[O-].CC[N+](C)(C)CCCN. The van der Waals surface area contributed by atoms with Crippen molar-refractivity contribution in [3.8, 4) is 0 Å². The monoisotopic (exact) mass is 414 g/mol. The molecule has 0 bridgehead atoms. The minimum absolute atomic E-state index is 0.0914. The standard InChI is InChI=1S/C9H18O2.C7H19N2.C2H6O4S/c1-8(2)6-4-3-5-7-9(10)11;1-4-9(2,3)7-5-6-8;1-2-6-7(3,4)5/h8H,3-7H2,1-2H3,(H,10,11);4-8H2,1-3H3;2H2,1H3,(H,3,4,5)/q;+1;/p-1. The first-order valence-corrected chi connectivity index (χ1v) is 11.0. The van der Waals surface area contributed by atoms with Crippen LogP contribution in [0.5, 0.6) is 0 Å². The molecule has 27 heavy (non-hydrogen) atoms. The summed E-state index contributed by atoms with van der Waals surface area (Å²) in [5, 5.41) is 8.32. The fraction of sp³-hybridized carbons (Fsp3) is 0.944. The third-order valence-corrected chi connectivity index (χ3v) is 4.28. The van der Waals surface area contributed by atoms with Crippen LogP contribution in [0.3, 0.4) is 0 Å². The Morgan fingerprint density at radius 3 is 2.00 bits per heavy atom. The van der Waals surface area contributed by atoms with E-state index in [0.717, 1.165) is 36.2 Å². The third kappa shape index (κ3) is 36.8. The van der Waals surface area contributed by atoms with Gasteiger partial charge in [0.2, 0.25) is 10.4 Å². The predicted octanol–water partition coefficient (Wildman–Crippen LogP) is 2.59. The molecule has 3 N–H and O–H groups in total. The second kappa shape index (κ2) is 18.6. The summed E-state index contributed by atoms with van der Waals surface area (Å²) in [6.45, 7) is 11.1. The summed E-state index contributed by atoms with van der Waals surface area (Å²) in [7, 11) is 0.0394. The van der Waals surface area contributed by atoms with Gasteiger partial charge in [-0.3, -0.25) is 8.98 Å². The number of carboxylic acids is 1. The van der Waals surface area contributed by atoms with Gasteiger partial charge >= 0.3 is 5.97 Å². The van der Waals surface area contributed by atoms with Crippen molar-refractivity contribution in [1.82, 2.24) is 0 Å². The maximum atomic E-state index is 10.1. The third-order valence-electron chi connectivity index (χ3n) is 3.76. The Labute approximate surface area is 166 Å². The summed E-state index contributed by atoms with van der Waals surface area (Å²) in [5.41, 5.74) is 5.38. The highest BCUT2D eigenvalue weighted by atomic mass is 32.3.